The molecule has 0 unspecified atom stereocenters. The number of hydrogen-bond acceptors (Lipinski definition) is 10. The van der Waals surface area contributed by atoms with Gasteiger partial charge in [0.1, 0.15) is 23.0 Å². The first kappa shape index (κ1) is 36.9. The van der Waals surface area contributed by atoms with Crippen molar-refractivity contribution < 1.29 is 42.9 Å². The van der Waals surface area contributed by atoms with Crippen molar-refractivity contribution in [2.45, 2.75) is 66.8 Å². The number of carbonyl (C=O) groups excluding carboxylic acids is 5. The normalized spacial score (nSPS) is 13.0. The second-order valence-electron chi connectivity index (χ2n) is 13.2. The third-order valence-electron chi connectivity index (χ3n) is 7.11. The fraction of sp³-hybridized carbons (Fsp3) is 0.361. The minimum absolute atomic E-state index is 0. The van der Waals surface area contributed by atoms with Crippen LogP contribution in [-0.2, 0) is 9.59 Å². The van der Waals surface area contributed by atoms with Gasteiger partial charge in [-0.1, -0.05) is 6.42 Å². The Labute approximate surface area is 280 Å². The maximum Gasteiger partial charge on any atom is 0.343 e. The van der Waals surface area contributed by atoms with E-state index in [9.17, 15) is 24.0 Å². The molecule has 1 fully saturated rings. The number of ether oxygens (including phenoxy) is 4. The number of ketones is 1. The van der Waals surface area contributed by atoms with E-state index in [0.717, 1.165) is 19.3 Å². The molecule has 0 aromatic heterocycles. The Morgan fingerprint density at radius 3 is 1.34 bits per heavy atom. The van der Waals surface area contributed by atoms with E-state index in [-0.39, 0.29) is 70.5 Å². The van der Waals surface area contributed by atoms with Gasteiger partial charge in [0.2, 0.25) is 0 Å². The summed E-state index contributed by atoms with van der Waals surface area (Å²) >= 11 is 0. The van der Waals surface area contributed by atoms with E-state index >= 15 is 0 Å². The molecule has 1 saturated carbocycles. The van der Waals surface area contributed by atoms with Gasteiger partial charge < -0.3 is 24.3 Å². The van der Waals surface area contributed by atoms with Gasteiger partial charge in [0, 0.05) is 17.7 Å². The number of nitrogens with one attached hydrogen (secondary N) is 1. The van der Waals surface area contributed by atoms with Crippen LogP contribution < -0.4 is 24.3 Å². The van der Waals surface area contributed by atoms with Crippen molar-refractivity contribution in [2.75, 3.05) is 6.54 Å². The number of carbonyl (C=O) groups is 5. The molecule has 3 aromatic rings. The zero-order valence-corrected chi connectivity index (χ0v) is 28.2. The lowest BCUT2D eigenvalue weighted by Crippen LogP contribution is -2.38. The van der Waals surface area contributed by atoms with E-state index in [4.69, 9.17) is 18.9 Å². The van der Waals surface area contributed by atoms with E-state index in [2.05, 4.69) is 5.32 Å². The minimum Gasteiger partial charge on any atom is -0.426 e. The molecular weight excluding hydrogens is 626 g/mol. The van der Waals surface area contributed by atoms with Crippen LogP contribution in [-0.4, -0.2) is 42.2 Å². The third kappa shape index (κ3) is 10.5. The lowest BCUT2D eigenvalue weighted by molar-refractivity contribution is -0.143. The van der Waals surface area contributed by atoms with Crippen LogP contribution in [0.3, 0.4) is 0 Å². The lowest BCUT2D eigenvalue weighted by atomic mass is 9.93. The molecule has 0 saturated heterocycles. The van der Waals surface area contributed by atoms with Crippen LogP contribution in [0.4, 0.5) is 0 Å². The fourth-order valence-electron chi connectivity index (χ4n) is 3.97. The number of benzene rings is 3. The molecule has 0 aliphatic heterocycles. The molecule has 0 atom stereocenters. The summed E-state index contributed by atoms with van der Waals surface area (Å²) in [5, 5.41) is 3.21. The highest BCUT2D eigenvalue weighted by Crippen LogP contribution is 2.27. The Morgan fingerprint density at radius 2 is 1.00 bits per heavy atom. The van der Waals surface area contributed by atoms with Crippen LogP contribution >= 0.6 is 12.4 Å². The topological polar surface area (TPSA) is 134 Å². The number of rotatable bonds is 10. The minimum atomic E-state index is -0.733. The van der Waals surface area contributed by atoms with E-state index in [1.165, 1.54) is 66.7 Å². The van der Waals surface area contributed by atoms with Crippen molar-refractivity contribution in [2.24, 2.45) is 10.8 Å². The van der Waals surface area contributed by atoms with Gasteiger partial charge in [-0.05, 0) is 115 Å². The SMILES string of the molecule is CC(C)(C)C(=O)Oc1ccc(C(=O)Oc2cc(OC(=O)c3ccc(OC(=O)C(C)(C)C)cc3)cc(C(=O)CNC3CCC3)c2)cc1.Cl. The summed E-state index contributed by atoms with van der Waals surface area (Å²) in [6, 6.07) is 16.2. The van der Waals surface area contributed by atoms with E-state index in [0.29, 0.717) is 0 Å². The number of esters is 4. The Balaban J connectivity index is 0.00000600. The van der Waals surface area contributed by atoms with Gasteiger partial charge in [0.05, 0.1) is 28.5 Å². The lowest BCUT2D eigenvalue weighted by Gasteiger charge is -2.26. The third-order valence-corrected chi connectivity index (χ3v) is 7.11. The molecule has 0 bridgehead atoms. The van der Waals surface area contributed by atoms with Gasteiger partial charge >= 0.3 is 23.9 Å². The monoisotopic (exact) mass is 665 g/mol. The molecule has 0 spiro atoms. The highest BCUT2D eigenvalue weighted by atomic mass is 35.5. The summed E-state index contributed by atoms with van der Waals surface area (Å²) in [4.78, 5) is 63.4. The van der Waals surface area contributed by atoms with Crippen molar-refractivity contribution in [1.82, 2.24) is 5.32 Å². The molecule has 0 amide bonds. The maximum absolute atomic E-state index is 13.1. The van der Waals surface area contributed by atoms with Crippen LogP contribution in [0.15, 0.2) is 66.7 Å². The molecule has 0 heterocycles. The van der Waals surface area contributed by atoms with E-state index < -0.39 is 34.7 Å². The molecule has 1 N–H and O–H groups in total. The average Bonchev–Trinajstić information content (AvgIpc) is 2.95. The predicted molar refractivity (Wildman–Crippen MR) is 177 cm³/mol. The quantitative estimate of drug-likeness (QED) is 0.140. The molecule has 11 heteroatoms. The standard InChI is InChI=1S/C36H39NO9.ClH/c1-35(2,3)33(41)45-26-14-10-22(11-15-26)31(39)43-28-18-24(30(38)21-37-25-8-7-9-25)19-29(20-28)44-32(40)23-12-16-27(17-13-23)46-34(42)36(4,5)6;/h10-20,25,37H,7-9,21H2,1-6H3;1H. The zero-order valence-electron chi connectivity index (χ0n) is 27.3. The predicted octanol–water partition coefficient (Wildman–Crippen LogP) is 6.77. The molecule has 4 rings (SSSR count). The van der Waals surface area contributed by atoms with Gasteiger partial charge in [-0.15, -0.1) is 12.4 Å². The summed E-state index contributed by atoms with van der Waals surface area (Å²) in [6.07, 6.45) is 3.10. The van der Waals surface area contributed by atoms with Gasteiger partial charge in [-0.2, -0.15) is 0 Å². The molecular formula is C36H40ClNO9. The average molecular weight is 666 g/mol. The highest BCUT2D eigenvalue weighted by molar-refractivity contribution is 5.99. The van der Waals surface area contributed by atoms with Gasteiger partial charge in [0.25, 0.3) is 0 Å². The van der Waals surface area contributed by atoms with Crippen molar-refractivity contribution in [3.8, 4) is 23.0 Å². The van der Waals surface area contributed by atoms with Crippen LogP contribution in [0.1, 0.15) is 91.9 Å². The summed E-state index contributed by atoms with van der Waals surface area (Å²) in [7, 11) is 0. The zero-order chi connectivity index (χ0) is 33.6. The number of hydrogen-bond donors (Lipinski definition) is 1. The van der Waals surface area contributed by atoms with Crippen molar-refractivity contribution >= 4 is 42.1 Å². The molecule has 1 aliphatic rings. The summed E-state index contributed by atoms with van der Waals surface area (Å²) in [5.41, 5.74) is -0.860. The van der Waals surface area contributed by atoms with Crippen LogP contribution in [0, 0.1) is 10.8 Å². The first-order valence-electron chi connectivity index (χ1n) is 15.1. The molecule has 3 aromatic carbocycles. The number of halogens is 1. The van der Waals surface area contributed by atoms with E-state index in [1.807, 2.05) is 0 Å². The van der Waals surface area contributed by atoms with E-state index in [1.54, 1.807) is 41.5 Å². The van der Waals surface area contributed by atoms with Crippen LogP contribution in [0.2, 0.25) is 0 Å². The second-order valence-corrected chi connectivity index (χ2v) is 13.2. The molecule has 10 nitrogen and oxygen atoms in total. The van der Waals surface area contributed by atoms with Crippen molar-refractivity contribution in [3.05, 3.63) is 83.4 Å². The largest absolute Gasteiger partial charge is 0.426 e. The Kier molecular flexibility index (Phi) is 12.1. The van der Waals surface area contributed by atoms with Gasteiger partial charge in [-0.25, -0.2) is 9.59 Å². The summed E-state index contributed by atoms with van der Waals surface area (Å²) < 4.78 is 21.8. The van der Waals surface area contributed by atoms with Gasteiger partial charge in [0.15, 0.2) is 5.78 Å². The number of Topliss-reactive ketones (excluding diaryl/α,β-unsaturated/α-hetero) is 1. The molecule has 0 radical (unpaired) electrons. The van der Waals surface area contributed by atoms with Crippen LogP contribution in [0.25, 0.3) is 0 Å². The molecule has 250 valence electrons. The Bertz CT molecular complexity index is 1510. The maximum atomic E-state index is 13.1. The van der Waals surface area contributed by atoms with Crippen molar-refractivity contribution in [3.63, 3.8) is 0 Å². The highest BCUT2D eigenvalue weighted by Gasteiger charge is 2.25. The first-order valence-corrected chi connectivity index (χ1v) is 15.1. The Hall–Kier alpha value is -4.54. The fourth-order valence-corrected chi connectivity index (χ4v) is 3.97. The summed E-state index contributed by atoms with van der Waals surface area (Å²) in [5.74, 6) is -2.03. The van der Waals surface area contributed by atoms with Gasteiger partial charge in [-0.3, -0.25) is 14.4 Å². The Morgan fingerprint density at radius 1 is 0.596 bits per heavy atom. The molecule has 47 heavy (non-hydrogen) atoms. The van der Waals surface area contributed by atoms with Crippen molar-refractivity contribution in [1.29, 1.82) is 0 Å². The second kappa shape index (κ2) is 15.4. The summed E-state index contributed by atoms with van der Waals surface area (Å²) in [6.45, 7) is 10.5. The molecule has 1 aliphatic carbocycles. The van der Waals surface area contributed by atoms with Crippen LogP contribution in [0.5, 0.6) is 23.0 Å². The smallest absolute Gasteiger partial charge is 0.343 e. The first-order chi connectivity index (χ1) is 21.6.